The number of halogens is 1. The molecule has 0 bridgehead atoms. The molecular formula is C18H25ClN2O3. The van der Waals surface area contributed by atoms with Gasteiger partial charge in [-0.05, 0) is 24.6 Å². The van der Waals surface area contributed by atoms with Gasteiger partial charge in [0.1, 0.15) is 12.4 Å². The van der Waals surface area contributed by atoms with Crippen molar-refractivity contribution in [3.63, 3.8) is 0 Å². The lowest BCUT2D eigenvalue weighted by atomic mass is 10.0. The fourth-order valence-corrected chi connectivity index (χ4v) is 2.36. The molecule has 2 rings (SSSR count). The van der Waals surface area contributed by atoms with E-state index in [4.69, 9.17) is 25.7 Å². The van der Waals surface area contributed by atoms with Crippen LogP contribution in [-0.4, -0.2) is 20.8 Å². The van der Waals surface area contributed by atoms with Crippen molar-refractivity contribution in [2.75, 3.05) is 20.8 Å². The van der Waals surface area contributed by atoms with Gasteiger partial charge in [0, 0.05) is 17.7 Å². The Labute approximate surface area is 149 Å². The Morgan fingerprint density at radius 3 is 2.17 bits per heavy atom. The van der Waals surface area contributed by atoms with Crippen molar-refractivity contribution in [3.05, 3.63) is 53.6 Å². The molecular weight excluding hydrogens is 328 g/mol. The predicted molar refractivity (Wildman–Crippen MR) is 98.2 cm³/mol. The number of methoxy groups -OCH3 is 2. The average molecular weight is 353 g/mol. The minimum absolute atomic E-state index is 0. The Hall–Kier alpha value is -1.95. The number of hydrogen-bond acceptors (Lipinski definition) is 5. The number of benzene rings is 2. The molecule has 0 saturated heterocycles. The van der Waals surface area contributed by atoms with Crippen molar-refractivity contribution >= 4 is 12.4 Å². The summed E-state index contributed by atoms with van der Waals surface area (Å²) in [5.41, 5.74) is 13.8. The molecule has 0 aromatic heterocycles. The molecule has 0 unspecified atom stereocenters. The minimum Gasteiger partial charge on any atom is -0.493 e. The summed E-state index contributed by atoms with van der Waals surface area (Å²) < 4.78 is 16.7. The highest BCUT2D eigenvalue weighted by molar-refractivity contribution is 5.85. The van der Waals surface area contributed by atoms with E-state index >= 15 is 0 Å². The maximum absolute atomic E-state index is 6.23. The zero-order valence-electron chi connectivity index (χ0n) is 14.0. The lowest BCUT2D eigenvalue weighted by molar-refractivity contribution is 0.294. The standard InChI is InChI=1S/C18H24N2O3.ClH/c1-21-17-10-14(15(20)8-9-19)16(11-18(17)22-2)23-12-13-6-4-3-5-7-13;/h3-7,10-11,15H,8-9,12,19-20H2,1-2H3;1H/t15-;/m1./s1. The highest BCUT2D eigenvalue weighted by Gasteiger charge is 2.17. The zero-order chi connectivity index (χ0) is 16.7. The van der Waals surface area contributed by atoms with Crippen LogP contribution in [0.1, 0.15) is 23.6 Å². The largest absolute Gasteiger partial charge is 0.493 e. The summed E-state index contributed by atoms with van der Waals surface area (Å²) >= 11 is 0. The molecule has 0 aliphatic heterocycles. The first kappa shape index (κ1) is 20.1. The molecule has 2 aromatic carbocycles. The topological polar surface area (TPSA) is 79.7 Å². The van der Waals surface area contributed by atoms with Crippen molar-refractivity contribution in [2.45, 2.75) is 19.1 Å². The average Bonchev–Trinajstić information content (AvgIpc) is 2.60. The van der Waals surface area contributed by atoms with Crippen LogP contribution in [0.4, 0.5) is 0 Å². The molecule has 5 nitrogen and oxygen atoms in total. The van der Waals surface area contributed by atoms with Gasteiger partial charge in [0.2, 0.25) is 0 Å². The van der Waals surface area contributed by atoms with Crippen LogP contribution in [0.15, 0.2) is 42.5 Å². The SMILES string of the molecule is COc1cc(OCc2ccccc2)c([C@H](N)CCN)cc1OC.Cl. The Kier molecular flexibility index (Phi) is 8.40. The summed E-state index contributed by atoms with van der Waals surface area (Å²) in [6, 6.07) is 13.4. The van der Waals surface area contributed by atoms with Crippen molar-refractivity contribution in [2.24, 2.45) is 11.5 Å². The van der Waals surface area contributed by atoms with Crippen LogP contribution in [0, 0.1) is 0 Å². The van der Waals surface area contributed by atoms with E-state index in [1.807, 2.05) is 42.5 Å². The molecule has 4 N–H and O–H groups in total. The van der Waals surface area contributed by atoms with Crippen LogP contribution in [0.2, 0.25) is 0 Å². The second kappa shape index (κ2) is 10.0. The van der Waals surface area contributed by atoms with Gasteiger partial charge in [-0.25, -0.2) is 0 Å². The molecule has 0 fully saturated rings. The van der Waals surface area contributed by atoms with Crippen LogP contribution in [-0.2, 0) is 6.61 Å². The fourth-order valence-electron chi connectivity index (χ4n) is 2.36. The number of nitrogens with two attached hydrogens (primary N) is 2. The molecule has 0 saturated carbocycles. The van der Waals surface area contributed by atoms with Gasteiger partial charge in [0.25, 0.3) is 0 Å². The first-order valence-electron chi connectivity index (χ1n) is 7.57. The second-order valence-corrected chi connectivity index (χ2v) is 5.20. The molecule has 24 heavy (non-hydrogen) atoms. The molecule has 0 radical (unpaired) electrons. The molecule has 0 aliphatic rings. The molecule has 0 heterocycles. The summed E-state index contributed by atoms with van der Waals surface area (Å²) in [6.07, 6.45) is 0.664. The Morgan fingerprint density at radius 2 is 1.58 bits per heavy atom. The summed E-state index contributed by atoms with van der Waals surface area (Å²) in [5.74, 6) is 1.92. The van der Waals surface area contributed by atoms with Crippen molar-refractivity contribution in [1.82, 2.24) is 0 Å². The summed E-state index contributed by atoms with van der Waals surface area (Å²) in [7, 11) is 3.19. The van der Waals surface area contributed by atoms with E-state index in [-0.39, 0.29) is 18.4 Å². The van der Waals surface area contributed by atoms with Gasteiger partial charge in [-0.1, -0.05) is 30.3 Å². The molecule has 132 valence electrons. The summed E-state index contributed by atoms with van der Waals surface area (Å²) in [5, 5.41) is 0. The van der Waals surface area contributed by atoms with E-state index in [0.29, 0.717) is 36.8 Å². The van der Waals surface area contributed by atoms with Crippen LogP contribution in [0.25, 0.3) is 0 Å². The van der Waals surface area contributed by atoms with Crippen LogP contribution >= 0.6 is 12.4 Å². The number of rotatable bonds is 8. The molecule has 0 aliphatic carbocycles. The lowest BCUT2D eigenvalue weighted by Crippen LogP contribution is -2.16. The third kappa shape index (κ3) is 5.03. The van der Waals surface area contributed by atoms with Gasteiger partial charge in [0.15, 0.2) is 11.5 Å². The zero-order valence-corrected chi connectivity index (χ0v) is 14.8. The quantitative estimate of drug-likeness (QED) is 0.763. The Balaban J connectivity index is 0.00000288. The predicted octanol–water partition coefficient (Wildman–Crippen LogP) is 3.05. The summed E-state index contributed by atoms with van der Waals surface area (Å²) in [6.45, 7) is 0.965. The maximum atomic E-state index is 6.23. The number of ether oxygens (including phenoxy) is 3. The molecule has 1 atom stereocenters. The maximum Gasteiger partial charge on any atom is 0.164 e. The highest BCUT2D eigenvalue weighted by atomic mass is 35.5. The van der Waals surface area contributed by atoms with Crippen LogP contribution in [0.5, 0.6) is 17.2 Å². The Morgan fingerprint density at radius 1 is 0.958 bits per heavy atom. The fraction of sp³-hybridized carbons (Fsp3) is 0.333. The highest BCUT2D eigenvalue weighted by Crippen LogP contribution is 2.38. The first-order chi connectivity index (χ1) is 11.2. The van der Waals surface area contributed by atoms with Crippen LogP contribution < -0.4 is 25.7 Å². The van der Waals surface area contributed by atoms with E-state index in [2.05, 4.69) is 0 Å². The molecule has 0 spiro atoms. The monoisotopic (exact) mass is 352 g/mol. The smallest absolute Gasteiger partial charge is 0.164 e. The van der Waals surface area contributed by atoms with E-state index < -0.39 is 0 Å². The van der Waals surface area contributed by atoms with Gasteiger partial charge in [-0.15, -0.1) is 12.4 Å². The molecule has 0 amide bonds. The van der Waals surface area contributed by atoms with Gasteiger partial charge < -0.3 is 25.7 Å². The van der Waals surface area contributed by atoms with Gasteiger partial charge in [0.05, 0.1) is 14.2 Å². The van der Waals surface area contributed by atoms with E-state index in [1.165, 1.54) is 0 Å². The van der Waals surface area contributed by atoms with Gasteiger partial charge in [-0.2, -0.15) is 0 Å². The minimum atomic E-state index is -0.217. The third-order valence-corrected chi connectivity index (χ3v) is 3.63. The van der Waals surface area contributed by atoms with Crippen molar-refractivity contribution < 1.29 is 14.2 Å². The van der Waals surface area contributed by atoms with Gasteiger partial charge in [-0.3, -0.25) is 0 Å². The lowest BCUT2D eigenvalue weighted by Gasteiger charge is -2.19. The Bertz CT molecular complexity index is 623. The number of hydrogen-bond donors (Lipinski definition) is 2. The molecule has 6 heteroatoms. The van der Waals surface area contributed by atoms with E-state index in [9.17, 15) is 0 Å². The van der Waals surface area contributed by atoms with Crippen LogP contribution in [0.3, 0.4) is 0 Å². The first-order valence-corrected chi connectivity index (χ1v) is 7.57. The van der Waals surface area contributed by atoms with E-state index in [0.717, 1.165) is 11.1 Å². The third-order valence-electron chi connectivity index (χ3n) is 3.63. The van der Waals surface area contributed by atoms with E-state index in [1.54, 1.807) is 14.2 Å². The summed E-state index contributed by atoms with van der Waals surface area (Å²) in [4.78, 5) is 0. The second-order valence-electron chi connectivity index (χ2n) is 5.20. The van der Waals surface area contributed by atoms with Crippen molar-refractivity contribution in [1.29, 1.82) is 0 Å². The van der Waals surface area contributed by atoms with Gasteiger partial charge >= 0.3 is 0 Å². The normalized spacial score (nSPS) is 11.3. The van der Waals surface area contributed by atoms with Crippen molar-refractivity contribution in [3.8, 4) is 17.2 Å². The molecule has 2 aromatic rings.